The maximum atomic E-state index is 10.7. The second-order valence-corrected chi connectivity index (χ2v) is 5.86. The number of aliphatic carboxylic acids is 1. The first-order valence-electron chi connectivity index (χ1n) is 8.33. The zero-order valence-electron chi connectivity index (χ0n) is 14.7. The van der Waals surface area contributed by atoms with Gasteiger partial charge in [-0.2, -0.15) is 0 Å². The Labute approximate surface area is 171 Å². The number of quaternary nitrogens is 1. The van der Waals surface area contributed by atoms with Crippen molar-refractivity contribution in [2.24, 2.45) is 0 Å². The second-order valence-electron chi connectivity index (χ2n) is 5.86. The largest absolute Gasteiger partial charge is 1.00 e. The van der Waals surface area contributed by atoms with Gasteiger partial charge >= 0.3 is 0 Å². The number of hydrogen-bond donors (Lipinski definition) is 3. The Morgan fingerprint density at radius 3 is 2.44 bits per heavy atom. The monoisotopic (exact) mass is 542 g/mol. The minimum Gasteiger partial charge on any atom is -1.00 e. The van der Waals surface area contributed by atoms with Crippen LogP contribution in [0.1, 0.15) is 51.0 Å². The van der Waals surface area contributed by atoms with E-state index in [-0.39, 0.29) is 45.9 Å². The molecule has 0 aliphatic carbocycles. The van der Waals surface area contributed by atoms with Crippen molar-refractivity contribution in [1.29, 1.82) is 0 Å². The van der Waals surface area contributed by atoms with Crippen molar-refractivity contribution in [3.8, 4) is 5.75 Å². The van der Waals surface area contributed by atoms with E-state index in [1.165, 1.54) is 19.3 Å². The third kappa shape index (κ3) is 12.3. The number of aryl methyl sites for hydroxylation is 1. The Kier molecular flexibility index (Phi) is 16.4. The van der Waals surface area contributed by atoms with Crippen LogP contribution >= 0.6 is 0 Å². The Morgan fingerprint density at radius 2 is 1.88 bits per heavy atom. The Morgan fingerprint density at radius 1 is 1.24 bits per heavy atom. The molecule has 5 nitrogen and oxygen atoms in total. The van der Waals surface area contributed by atoms with E-state index in [1.54, 1.807) is 0 Å². The summed E-state index contributed by atoms with van der Waals surface area (Å²) in [5.74, 6) is -0.186. The number of halogens is 1. The molecule has 144 valence electrons. The van der Waals surface area contributed by atoms with Crippen molar-refractivity contribution in [1.82, 2.24) is 0 Å². The van der Waals surface area contributed by atoms with Crippen molar-refractivity contribution in [3.63, 3.8) is 0 Å². The predicted octanol–water partition coefficient (Wildman–Crippen LogP) is -0.811. The average Bonchev–Trinajstić information content (AvgIpc) is 2.53. The quantitative estimate of drug-likeness (QED) is 0.238. The van der Waals surface area contributed by atoms with E-state index in [0.29, 0.717) is 12.8 Å². The van der Waals surface area contributed by atoms with Gasteiger partial charge in [-0.1, -0.05) is 50.8 Å². The van der Waals surface area contributed by atoms with Gasteiger partial charge < -0.3 is 33.1 Å². The van der Waals surface area contributed by atoms with Gasteiger partial charge in [0.1, 0.15) is 5.75 Å². The van der Waals surface area contributed by atoms with E-state index >= 15 is 0 Å². The molecule has 0 bridgehead atoms. The standard InChI is InChI=1S/C18H29NO4.ClH.W/c1-2-3-4-5-12-23-16-10-7-14(8-11-16)6-9-15(20)13-17(19)18(21)22;;/h7-8,10-11,15,20H,2-6,9,12-13H2,1,19H3,(H,21,22);1H;/p-1. The average molecular weight is 543 g/mol. The first-order chi connectivity index (χ1) is 11.0. The van der Waals surface area contributed by atoms with E-state index in [9.17, 15) is 9.90 Å². The summed E-state index contributed by atoms with van der Waals surface area (Å²) in [6.07, 6.45) is 5.40. The first kappa shape index (κ1) is 26.5. The van der Waals surface area contributed by atoms with E-state index in [4.69, 9.17) is 9.84 Å². The molecule has 0 radical (unpaired) electrons. The van der Waals surface area contributed by atoms with Gasteiger partial charge in [-0.3, -0.25) is 4.79 Å². The van der Waals surface area contributed by atoms with Crippen LogP contribution in [0.4, 0.5) is 0 Å². The van der Waals surface area contributed by atoms with Gasteiger partial charge in [0.2, 0.25) is 5.97 Å². The molecule has 1 aromatic rings. The molecule has 7 heteroatoms. The molecule has 1 atom stereocenters. The molecule has 5 N–H and O–H groups in total. The van der Waals surface area contributed by atoms with Crippen LogP contribution in [0.5, 0.6) is 5.75 Å². The fourth-order valence-corrected chi connectivity index (χ4v) is 2.28. The van der Waals surface area contributed by atoms with Crippen LogP contribution in [-0.4, -0.2) is 28.9 Å². The molecule has 0 saturated heterocycles. The molecule has 0 heterocycles. The van der Waals surface area contributed by atoms with Crippen LogP contribution in [0, 0.1) is 6.04 Å². The van der Waals surface area contributed by atoms with Gasteiger partial charge in [0.05, 0.1) is 6.61 Å². The summed E-state index contributed by atoms with van der Waals surface area (Å²) in [6, 6.07) is 7.90. The van der Waals surface area contributed by atoms with Crippen LogP contribution in [0.15, 0.2) is 24.3 Å². The number of rotatable bonds is 12. The van der Waals surface area contributed by atoms with Crippen molar-refractivity contribution in [2.75, 3.05) is 6.61 Å². The summed E-state index contributed by atoms with van der Waals surface area (Å²) >= 11 is 0. The van der Waals surface area contributed by atoms with Crippen LogP contribution in [0.25, 0.3) is 0 Å². The summed E-state index contributed by atoms with van der Waals surface area (Å²) in [6.45, 7) is 2.93. The maximum Gasteiger partial charge on any atom is 0.220 e. The Bertz CT molecular complexity index is 459. The zero-order valence-corrected chi connectivity index (χ0v) is 18.4. The number of unbranched alkanes of at least 4 members (excludes halogenated alkanes) is 3. The smallest absolute Gasteiger partial charge is 0.220 e. The van der Waals surface area contributed by atoms with Gasteiger partial charge in [0.15, 0.2) is 0 Å². The summed E-state index contributed by atoms with van der Waals surface area (Å²) in [5, 5.41) is 18.6. The fraction of sp³-hybridized carbons (Fsp3) is 0.556. The summed E-state index contributed by atoms with van der Waals surface area (Å²) in [4.78, 5) is 10.7. The van der Waals surface area contributed by atoms with Crippen LogP contribution in [0.2, 0.25) is 0 Å². The topological polar surface area (TPSA) is 94.4 Å². The van der Waals surface area contributed by atoms with Crippen LogP contribution in [-0.2, 0) is 32.3 Å². The van der Waals surface area contributed by atoms with Crippen molar-refractivity contribution >= 4 is 5.97 Å². The molecule has 0 fully saturated rings. The van der Waals surface area contributed by atoms with Crippen LogP contribution < -0.4 is 22.9 Å². The molecule has 0 aliphatic rings. The molecule has 0 aliphatic heterocycles. The number of carbonyl (C=O) groups is 1. The molecule has 0 aromatic heterocycles. The third-order valence-electron chi connectivity index (χ3n) is 3.74. The van der Waals surface area contributed by atoms with Crippen molar-refractivity contribution < 1.29 is 59.0 Å². The van der Waals surface area contributed by atoms with E-state index in [1.807, 2.05) is 24.3 Å². The van der Waals surface area contributed by atoms with E-state index < -0.39 is 12.1 Å². The Hall–Kier alpha value is -0.742. The van der Waals surface area contributed by atoms with Gasteiger partial charge in [-0.25, -0.2) is 0 Å². The van der Waals surface area contributed by atoms with Gasteiger partial charge in [0, 0.05) is 27.2 Å². The molecule has 1 rings (SSSR count). The minimum absolute atomic E-state index is 0. The molecule has 25 heavy (non-hydrogen) atoms. The Balaban J connectivity index is 0. The zero-order chi connectivity index (χ0) is 17.1. The van der Waals surface area contributed by atoms with Crippen LogP contribution in [0.3, 0.4) is 0 Å². The third-order valence-corrected chi connectivity index (χ3v) is 3.74. The normalized spacial score (nSPS) is 11.0. The van der Waals surface area contributed by atoms with Gasteiger partial charge in [0.25, 0.3) is 0 Å². The molecule has 0 spiro atoms. The molecule has 1 unspecified atom stereocenters. The minimum atomic E-state index is -1.05. The van der Waals surface area contributed by atoms with E-state index in [0.717, 1.165) is 24.3 Å². The van der Waals surface area contributed by atoms with Gasteiger partial charge in [-0.05, 0) is 37.0 Å². The summed E-state index contributed by atoms with van der Waals surface area (Å²) < 4.78 is 5.69. The van der Waals surface area contributed by atoms with Crippen molar-refractivity contribution in [2.45, 2.75) is 58.0 Å². The fourth-order valence-electron chi connectivity index (χ4n) is 2.28. The second kappa shape index (κ2) is 15.5. The van der Waals surface area contributed by atoms with Gasteiger partial charge in [-0.15, -0.1) is 0 Å². The molecular formula is C18H29ClNO4W-. The summed E-state index contributed by atoms with van der Waals surface area (Å²) in [5.41, 5.74) is 4.53. The molecule has 0 saturated carbocycles. The number of aliphatic hydroxyl groups excluding tert-OH is 1. The number of aliphatic hydroxyl groups is 1. The first-order valence-corrected chi connectivity index (χ1v) is 8.33. The number of hydrogen-bond acceptors (Lipinski definition) is 3. The SMILES string of the molecule is CCCCCCOc1ccc(CCC(O)C[C-]([NH3+])C(=O)O)cc1.[Cl-].[W]. The van der Waals surface area contributed by atoms with Crippen molar-refractivity contribution in [3.05, 3.63) is 35.9 Å². The maximum absolute atomic E-state index is 10.7. The molecule has 1 aromatic carbocycles. The molecule has 0 amide bonds. The number of carboxylic acid groups (broad SMARTS) is 1. The summed E-state index contributed by atoms with van der Waals surface area (Å²) in [7, 11) is 0. The molecular weight excluding hydrogens is 513 g/mol. The predicted molar refractivity (Wildman–Crippen MR) is 88.8 cm³/mol. The van der Waals surface area contributed by atoms with E-state index in [2.05, 4.69) is 12.7 Å². The number of ether oxygens (including phenoxy) is 1. The number of carboxylic acids is 1. The number of benzene rings is 1.